The van der Waals surface area contributed by atoms with Crippen LogP contribution in [0.3, 0.4) is 0 Å². The maximum Gasteiger partial charge on any atom is 0.324 e. The molecular weight excluding hydrogens is 500 g/mol. The van der Waals surface area contributed by atoms with Gasteiger partial charge in [-0.1, -0.05) is 25.9 Å². The molecule has 10 nitrogen and oxygen atoms in total. The van der Waals surface area contributed by atoms with Crippen LogP contribution in [0, 0.1) is 0 Å². The Hall–Kier alpha value is -4.18. The average molecular weight is 529 g/mol. The summed E-state index contributed by atoms with van der Waals surface area (Å²) in [6.07, 6.45) is 1.64. The molecule has 0 aliphatic heterocycles. The smallest absolute Gasteiger partial charge is 0.324 e. The van der Waals surface area contributed by atoms with Crippen LogP contribution >= 0.6 is 12.4 Å². The molecule has 37 heavy (non-hydrogen) atoms. The van der Waals surface area contributed by atoms with Gasteiger partial charge in [-0.15, -0.1) is 12.4 Å². The van der Waals surface area contributed by atoms with Crippen LogP contribution < -0.4 is 29.6 Å². The van der Waals surface area contributed by atoms with Gasteiger partial charge in [0.25, 0.3) is 0 Å². The van der Waals surface area contributed by atoms with E-state index < -0.39 is 6.03 Å². The molecule has 4 rings (SSSR count). The Morgan fingerprint density at radius 3 is 2.16 bits per heavy atom. The fourth-order valence-electron chi connectivity index (χ4n) is 3.45. The number of pyridine rings is 1. The van der Waals surface area contributed by atoms with Crippen molar-refractivity contribution in [3.63, 3.8) is 0 Å². The summed E-state index contributed by atoms with van der Waals surface area (Å²) in [7, 11) is 4.66. The SMILES string of the molecule is COc1cc2nccc(Oc3ccc(NC(=O)Nc4cc(C(C)(C)C)on4)cc3OC)c2cc1OC.Cl. The number of ether oxygens (including phenoxy) is 4. The quantitative estimate of drug-likeness (QED) is 0.283. The van der Waals surface area contributed by atoms with Crippen LogP contribution in [0.25, 0.3) is 10.9 Å². The van der Waals surface area contributed by atoms with Crippen molar-refractivity contribution in [3.8, 4) is 28.7 Å². The molecule has 2 N–H and O–H groups in total. The summed E-state index contributed by atoms with van der Waals surface area (Å²) in [5, 5.41) is 10.0. The minimum absolute atomic E-state index is 0. The summed E-state index contributed by atoms with van der Waals surface area (Å²) in [4.78, 5) is 16.9. The molecule has 4 aromatic rings. The highest BCUT2D eigenvalue weighted by molar-refractivity contribution is 5.99. The number of methoxy groups -OCH3 is 3. The van der Waals surface area contributed by atoms with Crippen molar-refractivity contribution in [3.05, 3.63) is 54.4 Å². The molecule has 0 aliphatic carbocycles. The zero-order chi connectivity index (χ0) is 25.9. The topological polar surface area (TPSA) is 117 Å². The van der Waals surface area contributed by atoms with Crippen molar-refractivity contribution < 1.29 is 28.3 Å². The minimum atomic E-state index is -0.472. The van der Waals surface area contributed by atoms with Crippen LogP contribution in [0.5, 0.6) is 28.7 Å². The fourth-order valence-corrected chi connectivity index (χ4v) is 3.45. The number of hydrogen-bond donors (Lipinski definition) is 2. The largest absolute Gasteiger partial charge is 0.493 e. The maximum absolute atomic E-state index is 12.5. The predicted molar refractivity (Wildman–Crippen MR) is 143 cm³/mol. The predicted octanol–water partition coefficient (Wildman–Crippen LogP) is 6.40. The minimum Gasteiger partial charge on any atom is -0.493 e. The Morgan fingerprint density at radius 2 is 1.51 bits per heavy atom. The molecule has 0 unspecified atom stereocenters. The molecule has 0 saturated carbocycles. The molecule has 0 radical (unpaired) electrons. The third kappa shape index (κ3) is 6.15. The van der Waals surface area contributed by atoms with Crippen LogP contribution in [0.4, 0.5) is 16.3 Å². The average Bonchev–Trinajstić information content (AvgIpc) is 3.33. The number of anilines is 2. The van der Waals surface area contributed by atoms with Crippen molar-refractivity contribution in [2.24, 2.45) is 0 Å². The van der Waals surface area contributed by atoms with Gasteiger partial charge in [0.2, 0.25) is 0 Å². The Labute approximate surface area is 220 Å². The lowest BCUT2D eigenvalue weighted by atomic mass is 9.93. The Bertz CT molecular complexity index is 1400. The summed E-state index contributed by atoms with van der Waals surface area (Å²) in [5.41, 5.74) is 0.966. The zero-order valence-electron chi connectivity index (χ0n) is 21.4. The highest BCUT2D eigenvalue weighted by Gasteiger charge is 2.20. The highest BCUT2D eigenvalue weighted by Crippen LogP contribution is 2.39. The molecule has 0 spiro atoms. The standard InChI is InChI=1S/C26H28N4O6.ClH/c1-26(2,3)23-14-24(30-36-23)29-25(31)28-15-7-8-19(20(11-15)32-4)35-18-9-10-27-17-13-22(34-6)21(33-5)12-16(17)18;/h7-14H,1-6H3,(H2,28,29,30,31);1H. The second-order valence-corrected chi connectivity index (χ2v) is 8.91. The van der Waals surface area contributed by atoms with E-state index >= 15 is 0 Å². The summed E-state index contributed by atoms with van der Waals surface area (Å²) >= 11 is 0. The van der Waals surface area contributed by atoms with Gasteiger partial charge in [0.1, 0.15) is 11.5 Å². The lowest BCUT2D eigenvalue weighted by Crippen LogP contribution is -2.19. The Balaban J connectivity index is 0.00000380. The molecule has 0 saturated heterocycles. The van der Waals surface area contributed by atoms with Gasteiger partial charge in [-0.2, -0.15) is 0 Å². The van der Waals surface area contributed by atoms with Gasteiger partial charge in [-0.05, 0) is 24.3 Å². The number of rotatable bonds is 7. The van der Waals surface area contributed by atoms with Crippen molar-refractivity contribution in [1.29, 1.82) is 0 Å². The summed E-state index contributed by atoms with van der Waals surface area (Å²) in [6, 6.07) is 11.6. The molecule has 2 aromatic carbocycles. The normalized spacial score (nSPS) is 10.9. The zero-order valence-corrected chi connectivity index (χ0v) is 22.2. The van der Waals surface area contributed by atoms with Crippen molar-refractivity contribution in [1.82, 2.24) is 10.1 Å². The van der Waals surface area contributed by atoms with Crippen molar-refractivity contribution in [2.75, 3.05) is 32.0 Å². The first-order valence-electron chi connectivity index (χ1n) is 11.1. The number of carbonyl (C=O) groups excluding carboxylic acids is 1. The molecule has 0 aliphatic rings. The number of carbonyl (C=O) groups is 1. The number of aromatic nitrogens is 2. The van der Waals surface area contributed by atoms with Gasteiger partial charge in [0, 0.05) is 40.9 Å². The Kier molecular flexibility index (Phi) is 8.34. The van der Waals surface area contributed by atoms with E-state index in [1.807, 2.05) is 20.8 Å². The van der Waals surface area contributed by atoms with E-state index in [-0.39, 0.29) is 17.8 Å². The molecule has 0 fully saturated rings. The maximum atomic E-state index is 12.5. The molecular formula is C26H29ClN4O6. The van der Waals surface area contributed by atoms with Crippen molar-refractivity contribution in [2.45, 2.75) is 26.2 Å². The van der Waals surface area contributed by atoms with E-state index in [2.05, 4.69) is 20.8 Å². The fraction of sp³-hybridized carbons (Fsp3) is 0.269. The highest BCUT2D eigenvalue weighted by atomic mass is 35.5. The second kappa shape index (κ2) is 11.3. The number of hydrogen-bond acceptors (Lipinski definition) is 8. The van der Waals surface area contributed by atoms with Crippen molar-refractivity contribution >= 4 is 40.8 Å². The van der Waals surface area contributed by atoms with E-state index in [1.54, 1.807) is 62.9 Å². The van der Waals surface area contributed by atoms with E-state index in [0.717, 1.165) is 5.39 Å². The number of amides is 2. The van der Waals surface area contributed by atoms with Gasteiger partial charge < -0.3 is 28.8 Å². The van der Waals surface area contributed by atoms with Crippen LogP contribution in [-0.2, 0) is 5.41 Å². The van der Waals surface area contributed by atoms with Gasteiger partial charge in [0.05, 0.1) is 26.8 Å². The first kappa shape index (κ1) is 27.4. The lowest BCUT2D eigenvalue weighted by Gasteiger charge is -2.15. The molecule has 0 bridgehead atoms. The first-order chi connectivity index (χ1) is 17.2. The second-order valence-electron chi connectivity index (χ2n) is 8.91. The number of urea groups is 1. The van der Waals surface area contributed by atoms with Gasteiger partial charge in [0.15, 0.2) is 28.8 Å². The van der Waals surface area contributed by atoms with Crippen LogP contribution in [0.15, 0.2) is 53.2 Å². The van der Waals surface area contributed by atoms with Crippen LogP contribution in [0.1, 0.15) is 26.5 Å². The van der Waals surface area contributed by atoms with Gasteiger partial charge in [-0.3, -0.25) is 10.3 Å². The van der Waals surface area contributed by atoms with Gasteiger partial charge in [-0.25, -0.2) is 4.79 Å². The molecule has 0 atom stereocenters. The van der Waals surface area contributed by atoms with E-state index in [1.165, 1.54) is 7.11 Å². The van der Waals surface area contributed by atoms with Gasteiger partial charge >= 0.3 is 6.03 Å². The lowest BCUT2D eigenvalue weighted by molar-refractivity contribution is 0.262. The van der Waals surface area contributed by atoms with Crippen LogP contribution in [0.2, 0.25) is 0 Å². The molecule has 2 amide bonds. The number of nitrogens with one attached hydrogen (secondary N) is 2. The number of nitrogens with zero attached hydrogens (tertiary/aromatic N) is 2. The summed E-state index contributed by atoms with van der Waals surface area (Å²) in [6.45, 7) is 5.99. The Morgan fingerprint density at radius 1 is 0.838 bits per heavy atom. The molecule has 2 aromatic heterocycles. The van der Waals surface area contributed by atoms with E-state index in [4.69, 9.17) is 23.5 Å². The number of halogens is 1. The third-order valence-corrected chi connectivity index (χ3v) is 5.34. The molecule has 196 valence electrons. The number of fused-ring (bicyclic) bond motifs is 1. The summed E-state index contributed by atoms with van der Waals surface area (Å²) in [5.74, 6) is 3.55. The number of benzene rings is 2. The monoisotopic (exact) mass is 528 g/mol. The third-order valence-electron chi connectivity index (χ3n) is 5.34. The molecule has 11 heteroatoms. The van der Waals surface area contributed by atoms with E-state index in [9.17, 15) is 4.79 Å². The molecule has 2 heterocycles. The van der Waals surface area contributed by atoms with Crippen LogP contribution in [-0.4, -0.2) is 37.5 Å². The summed E-state index contributed by atoms with van der Waals surface area (Å²) < 4.78 is 27.8. The van der Waals surface area contributed by atoms with E-state index in [0.29, 0.717) is 51.5 Å². The first-order valence-corrected chi connectivity index (χ1v) is 11.1.